The number of carbonyl (C=O) groups is 1. The lowest BCUT2D eigenvalue weighted by Gasteiger charge is -2.07. The van der Waals surface area contributed by atoms with Gasteiger partial charge in [0.1, 0.15) is 17.8 Å². The second kappa shape index (κ2) is 6.57. The quantitative estimate of drug-likeness (QED) is 0.515. The number of halogens is 1. The average Bonchev–Trinajstić information content (AvgIpc) is 3.10. The van der Waals surface area contributed by atoms with E-state index in [1.807, 2.05) is 0 Å². The van der Waals surface area contributed by atoms with Gasteiger partial charge in [0.05, 0.1) is 11.6 Å². The number of rotatable bonds is 4. The molecule has 0 fully saturated rings. The fourth-order valence-corrected chi connectivity index (χ4v) is 2.15. The third kappa shape index (κ3) is 3.37. The Labute approximate surface area is 140 Å². The molecule has 23 heavy (non-hydrogen) atoms. The molecule has 0 saturated heterocycles. The van der Waals surface area contributed by atoms with Crippen LogP contribution in [0.5, 0.6) is 11.5 Å². The molecular formula is C15H11BrN4O3. The number of aromatic nitrogens is 4. The van der Waals surface area contributed by atoms with E-state index in [4.69, 9.17) is 9.47 Å². The molecule has 0 spiro atoms. The van der Waals surface area contributed by atoms with E-state index in [9.17, 15) is 4.79 Å². The Bertz CT molecular complexity index is 819. The van der Waals surface area contributed by atoms with Crippen LogP contribution in [0.1, 0.15) is 10.5 Å². The molecule has 1 aromatic carbocycles. The highest BCUT2D eigenvalue weighted by Crippen LogP contribution is 2.20. The second-order valence-corrected chi connectivity index (χ2v) is 5.26. The first kappa shape index (κ1) is 15.2. The first-order chi connectivity index (χ1) is 11.2. The van der Waals surface area contributed by atoms with E-state index in [2.05, 4.69) is 30.9 Å². The number of carbonyl (C=O) groups excluding carboxylic acids is 1. The van der Waals surface area contributed by atoms with Crippen molar-refractivity contribution in [2.45, 2.75) is 0 Å². The normalized spacial score (nSPS) is 10.3. The zero-order valence-electron chi connectivity index (χ0n) is 12.0. The Hall–Kier alpha value is -2.74. The number of imidazole rings is 1. The van der Waals surface area contributed by atoms with Crippen LogP contribution in [-0.2, 0) is 0 Å². The summed E-state index contributed by atoms with van der Waals surface area (Å²) in [5, 5.41) is 0. The predicted molar refractivity (Wildman–Crippen MR) is 84.8 cm³/mol. The number of nitrogens with zero attached hydrogens (tertiary/aromatic N) is 4. The van der Waals surface area contributed by atoms with E-state index in [0.29, 0.717) is 21.9 Å². The smallest absolute Gasteiger partial charge is 0.363 e. The van der Waals surface area contributed by atoms with Crippen molar-refractivity contribution in [3.8, 4) is 17.4 Å². The molecule has 0 aliphatic rings. The summed E-state index contributed by atoms with van der Waals surface area (Å²) in [7, 11) is 1.57. The van der Waals surface area contributed by atoms with Gasteiger partial charge < -0.3 is 9.47 Å². The van der Waals surface area contributed by atoms with E-state index in [0.717, 1.165) is 0 Å². The second-order valence-electron chi connectivity index (χ2n) is 4.40. The topological polar surface area (TPSA) is 79.1 Å². The predicted octanol–water partition coefficient (Wildman–Crippen LogP) is 2.65. The highest BCUT2D eigenvalue weighted by Gasteiger charge is 2.17. The summed E-state index contributed by atoms with van der Waals surface area (Å²) in [4.78, 5) is 24.6. The first-order valence-electron chi connectivity index (χ1n) is 6.54. The molecule has 2 aromatic heterocycles. The summed E-state index contributed by atoms with van der Waals surface area (Å²) >= 11 is 3.26. The minimum Gasteiger partial charge on any atom is -0.497 e. The van der Waals surface area contributed by atoms with Gasteiger partial charge in [-0.1, -0.05) is 0 Å². The minimum absolute atomic E-state index is 0.125. The molecule has 0 atom stereocenters. The summed E-state index contributed by atoms with van der Waals surface area (Å²) in [6, 6.07) is 6.69. The monoisotopic (exact) mass is 374 g/mol. The largest absolute Gasteiger partial charge is 0.497 e. The summed E-state index contributed by atoms with van der Waals surface area (Å²) in [5.41, 5.74) is 0.125. The van der Waals surface area contributed by atoms with Crippen LogP contribution in [0.25, 0.3) is 5.95 Å². The molecule has 0 amide bonds. The van der Waals surface area contributed by atoms with Crippen LogP contribution in [0.4, 0.5) is 0 Å². The van der Waals surface area contributed by atoms with Crippen molar-refractivity contribution in [3.05, 3.63) is 59.3 Å². The summed E-state index contributed by atoms with van der Waals surface area (Å²) in [6.07, 6.45) is 6.32. The van der Waals surface area contributed by atoms with Gasteiger partial charge in [-0.25, -0.2) is 19.7 Å². The zero-order chi connectivity index (χ0) is 16.2. The lowest BCUT2D eigenvalue weighted by molar-refractivity contribution is 0.0727. The van der Waals surface area contributed by atoms with Gasteiger partial charge in [0.2, 0.25) is 5.95 Å². The van der Waals surface area contributed by atoms with Crippen LogP contribution < -0.4 is 9.47 Å². The number of methoxy groups -OCH3 is 1. The Morgan fingerprint density at radius 3 is 2.61 bits per heavy atom. The average molecular weight is 375 g/mol. The molecule has 3 aromatic rings. The van der Waals surface area contributed by atoms with Crippen molar-refractivity contribution in [2.75, 3.05) is 7.11 Å². The lowest BCUT2D eigenvalue weighted by Crippen LogP contribution is -2.14. The molecule has 0 N–H and O–H groups in total. The molecule has 0 aliphatic carbocycles. The van der Waals surface area contributed by atoms with Crippen molar-refractivity contribution in [3.63, 3.8) is 0 Å². The van der Waals surface area contributed by atoms with Gasteiger partial charge in [-0.2, -0.15) is 0 Å². The van der Waals surface area contributed by atoms with E-state index in [1.54, 1.807) is 54.7 Å². The number of esters is 1. The molecule has 0 aliphatic heterocycles. The maximum absolute atomic E-state index is 12.3. The fraction of sp³-hybridized carbons (Fsp3) is 0.0667. The number of ether oxygens (including phenoxy) is 2. The Morgan fingerprint density at radius 1 is 1.22 bits per heavy atom. The van der Waals surface area contributed by atoms with Gasteiger partial charge in [-0.05, 0) is 40.2 Å². The SMILES string of the molecule is COc1ccc(OC(=O)c2nc(-n3ccnc3)ncc2Br)cc1. The van der Waals surface area contributed by atoms with Crippen molar-refractivity contribution in [1.82, 2.24) is 19.5 Å². The standard InChI is InChI=1S/C15H11BrN4O3/c1-22-10-2-4-11(5-3-10)23-14(21)13-12(16)8-18-15(19-13)20-7-6-17-9-20/h2-9H,1H3. The number of hydrogen-bond donors (Lipinski definition) is 0. The van der Waals surface area contributed by atoms with Crippen molar-refractivity contribution in [2.24, 2.45) is 0 Å². The number of hydrogen-bond acceptors (Lipinski definition) is 6. The highest BCUT2D eigenvalue weighted by molar-refractivity contribution is 9.10. The highest BCUT2D eigenvalue weighted by atomic mass is 79.9. The third-order valence-corrected chi connectivity index (χ3v) is 3.51. The van der Waals surface area contributed by atoms with Gasteiger partial charge >= 0.3 is 5.97 Å². The number of benzene rings is 1. The summed E-state index contributed by atoms with van der Waals surface area (Å²) < 4.78 is 12.4. The fourth-order valence-electron chi connectivity index (χ4n) is 1.80. The molecule has 2 heterocycles. The Kier molecular flexibility index (Phi) is 4.33. The lowest BCUT2D eigenvalue weighted by atomic mass is 10.3. The Morgan fingerprint density at radius 2 is 1.96 bits per heavy atom. The first-order valence-corrected chi connectivity index (χ1v) is 7.34. The van der Waals surface area contributed by atoms with Crippen molar-refractivity contribution in [1.29, 1.82) is 0 Å². The molecule has 3 rings (SSSR count). The van der Waals surface area contributed by atoms with Gasteiger partial charge in [-0.15, -0.1) is 0 Å². The molecule has 0 radical (unpaired) electrons. The van der Waals surface area contributed by atoms with Gasteiger partial charge in [0, 0.05) is 18.6 Å². The van der Waals surface area contributed by atoms with Crippen LogP contribution in [0.15, 0.2) is 53.7 Å². The van der Waals surface area contributed by atoms with Crippen LogP contribution in [0.2, 0.25) is 0 Å². The molecule has 7 nitrogen and oxygen atoms in total. The van der Waals surface area contributed by atoms with Crippen molar-refractivity contribution >= 4 is 21.9 Å². The summed E-state index contributed by atoms with van der Waals surface area (Å²) in [6.45, 7) is 0. The van der Waals surface area contributed by atoms with E-state index < -0.39 is 5.97 Å². The molecule has 0 bridgehead atoms. The van der Waals surface area contributed by atoms with E-state index in [1.165, 1.54) is 6.20 Å². The Balaban J connectivity index is 1.85. The molecule has 0 unspecified atom stereocenters. The van der Waals surface area contributed by atoms with Gasteiger partial charge in [0.15, 0.2) is 5.69 Å². The molecular weight excluding hydrogens is 364 g/mol. The van der Waals surface area contributed by atoms with Crippen LogP contribution in [0.3, 0.4) is 0 Å². The van der Waals surface area contributed by atoms with E-state index in [-0.39, 0.29) is 5.69 Å². The maximum atomic E-state index is 12.3. The van der Waals surface area contributed by atoms with Crippen LogP contribution in [0, 0.1) is 0 Å². The van der Waals surface area contributed by atoms with E-state index >= 15 is 0 Å². The molecule has 8 heteroatoms. The zero-order valence-corrected chi connectivity index (χ0v) is 13.6. The van der Waals surface area contributed by atoms with Crippen LogP contribution in [-0.4, -0.2) is 32.6 Å². The van der Waals surface area contributed by atoms with Crippen LogP contribution >= 0.6 is 15.9 Å². The third-order valence-electron chi connectivity index (χ3n) is 2.93. The maximum Gasteiger partial charge on any atom is 0.363 e. The van der Waals surface area contributed by atoms with Gasteiger partial charge in [-0.3, -0.25) is 4.57 Å². The van der Waals surface area contributed by atoms with Gasteiger partial charge in [0.25, 0.3) is 0 Å². The molecule has 116 valence electrons. The van der Waals surface area contributed by atoms with Crippen molar-refractivity contribution < 1.29 is 14.3 Å². The minimum atomic E-state index is -0.592. The summed E-state index contributed by atoms with van der Waals surface area (Å²) in [5.74, 6) is 0.805. The molecule has 0 saturated carbocycles.